The summed E-state index contributed by atoms with van der Waals surface area (Å²) in [4.78, 5) is 15.2. The average Bonchev–Trinajstić information content (AvgIpc) is 3.19. The third kappa shape index (κ3) is 5.54. The van der Waals surface area contributed by atoms with Crippen LogP contribution in [0.1, 0.15) is 30.5 Å². The number of rotatable bonds is 4. The van der Waals surface area contributed by atoms with Crippen molar-refractivity contribution in [3.05, 3.63) is 41.6 Å². The normalized spacial score (nSPS) is 21.0. The summed E-state index contributed by atoms with van der Waals surface area (Å²) >= 11 is 0. The van der Waals surface area contributed by atoms with Crippen LogP contribution in [0.5, 0.6) is 0 Å². The molecule has 5 rings (SSSR count). The number of carbonyl (C=O) groups excluding carboxylic acids is 1. The van der Waals surface area contributed by atoms with Gasteiger partial charge in [0.2, 0.25) is 5.91 Å². The molecule has 0 unspecified atom stereocenters. The Hall–Kier alpha value is -2.48. The van der Waals surface area contributed by atoms with Gasteiger partial charge in [0.15, 0.2) is 0 Å². The maximum Gasteiger partial charge on any atom is 0.416 e. The lowest BCUT2D eigenvalue weighted by Crippen LogP contribution is -2.51. The third-order valence-corrected chi connectivity index (χ3v) is 9.30. The van der Waals surface area contributed by atoms with Crippen molar-refractivity contribution in [2.24, 2.45) is 5.92 Å². The number of benzene rings is 1. The van der Waals surface area contributed by atoms with E-state index in [1.54, 1.807) is 4.90 Å². The number of fused-ring (bicyclic) bond motifs is 1. The van der Waals surface area contributed by atoms with Gasteiger partial charge in [-0.3, -0.25) is 9.48 Å². The van der Waals surface area contributed by atoms with Gasteiger partial charge in [-0.05, 0) is 37.5 Å². The minimum Gasteiger partial charge on any atom is -0.379 e. The molecule has 13 heteroatoms. The second-order valence-corrected chi connectivity index (χ2v) is 11.6. The van der Waals surface area contributed by atoms with Gasteiger partial charge < -0.3 is 9.64 Å². The number of aromatic nitrogens is 2. The zero-order valence-electron chi connectivity index (χ0n) is 20.4. The number of ether oxygens (including phenoxy) is 1. The fraction of sp³-hybridized carbons (Fsp3) is 0.583. The van der Waals surface area contributed by atoms with E-state index < -0.39 is 21.9 Å². The Kier molecular flexibility index (Phi) is 7.31. The number of halogens is 3. The van der Waals surface area contributed by atoms with Crippen LogP contribution < -0.4 is 0 Å². The van der Waals surface area contributed by atoms with E-state index in [0.29, 0.717) is 89.5 Å². The summed E-state index contributed by atoms with van der Waals surface area (Å²) in [6.07, 6.45) is -2.76. The van der Waals surface area contributed by atoms with Crippen LogP contribution in [-0.2, 0) is 39.0 Å². The maximum atomic E-state index is 13.4. The topological polar surface area (TPSA) is 88.0 Å². The lowest BCUT2D eigenvalue weighted by molar-refractivity contribution is -0.138. The highest BCUT2D eigenvalue weighted by Crippen LogP contribution is 2.31. The monoisotopic (exact) mass is 541 g/mol. The Bertz CT molecular complexity index is 1220. The highest BCUT2D eigenvalue weighted by atomic mass is 32.2. The molecule has 1 aromatic heterocycles. The predicted octanol–water partition coefficient (Wildman–Crippen LogP) is 2.59. The Balaban J connectivity index is 1.22. The van der Waals surface area contributed by atoms with Gasteiger partial charge in [0, 0.05) is 50.7 Å². The summed E-state index contributed by atoms with van der Waals surface area (Å²) in [6, 6.07) is 6.73. The van der Waals surface area contributed by atoms with E-state index >= 15 is 0 Å². The van der Waals surface area contributed by atoms with Crippen LogP contribution in [0, 0.1) is 5.92 Å². The van der Waals surface area contributed by atoms with Crippen molar-refractivity contribution >= 4 is 16.1 Å². The average molecular weight is 542 g/mol. The summed E-state index contributed by atoms with van der Waals surface area (Å²) in [7, 11) is -3.55. The lowest BCUT2D eigenvalue weighted by atomic mass is 9.96. The number of hydrogen-bond donors (Lipinski definition) is 0. The van der Waals surface area contributed by atoms with Crippen molar-refractivity contribution in [3.63, 3.8) is 0 Å². The first-order valence-electron chi connectivity index (χ1n) is 12.5. The number of carbonyl (C=O) groups is 1. The van der Waals surface area contributed by atoms with E-state index in [1.807, 2.05) is 10.7 Å². The van der Waals surface area contributed by atoms with Gasteiger partial charge >= 0.3 is 6.18 Å². The van der Waals surface area contributed by atoms with E-state index in [1.165, 1.54) is 20.7 Å². The summed E-state index contributed by atoms with van der Waals surface area (Å²) in [5, 5.41) is 4.57. The van der Waals surface area contributed by atoms with Crippen LogP contribution in [0.2, 0.25) is 0 Å². The minimum atomic E-state index is -4.40. The van der Waals surface area contributed by atoms with E-state index in [0.717, 1.165) is 17.8 Å². The van der Waals surface area contributed by atoms with Crippen LogP contribution >= 0.6 is 0 Å². The second-order valence-electron chi connectivity index (χ2n) is 9.63. The number of amides is 1. The molecule has 2 fully saturated rings. The molecule has 0 atom stereocenters. The first kappa shape index (κ1) is 26.1. The quantitative estimate of drug-likeness (QED) is 0.594. The molecule has 0 bridgehead atoms. The summed E-state index contributed by atoms with van der Waals surface area (Å²) < 4.78 is 74.5. The first-order valence-corrected chi connectivity index (χ1v) is 13.9. The molecule has 3 aliphatic heterocycles. The molecule has 9 nitrogen and oxygen atoms in total. The SMILES string of the molecule is O=C(C1CCN(S(=O)(=O)N2CCOCC2)CC1)N1CCCn2nc(-c3ccc(C(F)(F)F)cc3)cc2C1. The molecular weight excluding hydrogens is 511 g/mol. The van der Waals surface area contributed by atoms with Crippen LogP contribution in [0.4, 0.5) is 13.2 Å². The standard InChI is InChI=1S/C24H30F3N5O4S/c25-24(26,27)20-4-2-18(3-5-20)22-16-21-17-29(8-1-9-32(21)28-22)23(33)19-6-10-30(11-7-19)37(34,35)31-12-14-36-15-13-31/h2-5,16,19H,1,6-15,17H2. The first-order chi connectivity index (χ1) is 17.6. The molecule has 0 spiro atoms. The highest BCUT2D eigenvalue weighted by molar-refractivity contribution is 7.86. The molecule has 0 saturated carbocycles. The van der Waals surface area contributed by atoms with E-state index in [9.17, 15) is 26.4 Å². The molecular formula is C24H30F3N5O4S. The van der Waals surface area contributed by atoms with Crippen LogP contribution in [0.3, 0.4) is 0 Å². The van der Waals surface area contributed by atoms with Gasteiger partial charge in [-0.15, -0.1) is 0 Å². The molecule has 2 aromatic rings. The van der Waals surface area contributed by atoms with E-state index in [2.05, 4.69) is 5.10 Å². The van der Waals surface area contributed by atoms with Crippen LogP contribution in [0.15, 0.2) is 30.3 Å². The molecule has 0 aliphatic carbocycles. The van der Waals surface area contributed by atoms with Crippen LogP contribution in [-0.4, -0.2) is 83.6 Å². The van der Waals surface area contributed by atoms with Gasteiger partial charge in [-0.25, -0.2) is 0 Å². The summed E-state index contributed by atoms with van der Waals surface area (Å²) in [5.74, 6) is -0.242. The van der Waals surface area contributed by atoms with Crippen molar-refractivity contribution in [3.8, 4) is 11.3 Å². The molecule has 4 heterocycles. The molecule has 1 amide bonds. The van der Waals surface area contributed by atoms with Crippen molar-refractivity contribution < 1.29 is 31.1 Å². The second kappa shape index (κ2) is 10.4. The van der Waals surface area contributed by atoms with E-state index in [-0.39, 0.29) is 11.8 Å². The minimum absolute atomic E-state index is 0.00847. The van der Waals surface area contributed by atoms with Crippen molar-refractivity contribution in [2.45, 2.75) is 38.5 Å². The number of aryl methyl sites for hydroxylation is 1. The molecule has 3 aliphatic rings. The van der Waals surface area contributed by atoms with Gasteiger partial charge in [0.05, 0.1) is 36.7 Å². The van der Waals surface area contributed by atoms with E-state index in [4.69, 9.17) is 4.74 Å². The fourth-order valence-electron chi connectivity index (χ4n) is 5.15. The Labute approximate surface area is 213 Å². The van der Waals surface area contributed by atoms with Crippen molar-refractivity contribution in [2.75, 3.05) is 45.9 Å². The molecule has 1 aromatic carbocycles. The number of piperidine rings is 1. The smallest absolute Gasteiger partial charge is 0.379 e. The van der Waals surface area contributed by atoms with Gasteiger partial charge in [-0.1, -0.05) is 12.1 Å². The predicted molar refractivity (Wildman–Crippen MR) is 128 cm³/mol. The number of nitrogens with zero attached hydrogens (tertiary/aromatic N) is 5. The van der Waals surface area contributed by atoms with Crippen molar-refractivity contribution in [1.29, 1.82) is 0 Å². The molecule has 0 radical (unpaired) electrons. The van der Waals surface area contributed by atoms with Crippen molar-refractivity contribution in [1.82, 2.24) is 23.3 Å². The highest BCUT2D eigenvalue weighted by Gasteiger charge is 2.37. The maximum absolute atomic E-state index is 13.4. The number of morpholine rings is 1. The van der Waals surface area contributed by atoms with Gasteiger partial charge in [-0.2, -0.15) is 35.3 Å². The Morgan fingerprint density at radius 1 is 0.946 bits per heavy atom. The number of alkyl halides is 3. The van der Waals surface area contributed by atoms with Gasteiger partial charge in [0.25, 0.3) is 10.2 Å². The Morgan fingerprint density at radius 3 is 2.24 bits per heavy atom. The molecule has 37 heavy (non-hydrogen) atoms. The third-order valence-electron chi connectivity index (χ3n) is 7.26. The lowest BCUT2D eigenvalue weighted by Gasteiger charge is -2.36. The number of hydrogen-bond acceptors (Lipinski definition) is 5. The molecule has 2 saturated heterocycles. The molecule has 0 N–H and O–H groups in total. The summed E-state index contributed by atoms with van der Waals surface area (Å²) in [6.45, 7) is 3.62. The fourth-order valence-corrected chi connectivity index (χ4v) is 6.76. The Morgan fingerprint density at radius 2 is 1.59 bits per heavy atom. The van der Waals surface area contributed by atoms with Gasteiger partial charge in [0.1, 0.15) is 0 Å². The summed E-state index contributed by atoms with van der Waals surface area (Å²) in [5.41, 5.74) is 1.27. The van der Waals surface area contributed by atoms with Crippen LogP contribution in [0.25, 0.3) is 11.3 Å². The largest absolute Gasteiger partial charge is 0.416 e. The zero-order valence-corrected chi connectivity index (χ0v) is 21.2. The molecule has 202 valence electrons. The zero-order chi connectivity index (χ0) is 26.2.